The molecular weight excluding hydrogens is 254 g/mol. The van der Waals surface area contributed by atoms with E-state index in [1.165, 1.54) is 0 Å². The van der Waals surface area contributed by atoms with E-state index < -0.39 is 0 Å². The third-order valence-corrected chi connectivity index (χ3v) is 2.97. The van der Waals surface area contributed by atoms with Crippen molar-refractivity contribution in [3.63, 3.8) is 0 Å². The summed E-state index contributed by atoms with van der Waals surface area (Å²) in [6, 6.07) is 10.6. The van der Waals surface area contributed by atoms with Crippen molar-refractivity contribution in [2.45, 2.75) is 13.8 Å². The highest BCUT2D eigenvalue weighted by Crippen LogP contribution is 2.17. The van der Waals surface area contributed by atoms with Crippen LogP contribution in [0.25, 0.3) is 0 Å². The Bertz CT molecular complexity index is 666. The number of carbonyl (C=O) groups excluding carboxylic acids is 1. The van der Waals surface area contributed by atoms with Gasteiger partial charge in [0.25, 0.3) is 5.91 Å². The number of aromatic nitrogens is 1. The number of carbonyl (C=O) groups is 1. The van der Waals surface area contributed by atoms with Gasteiger partial charge < -0.3 is 10.5 Å². The molecule has 0 bridgehead atoms. The summed E-state index contributed by atoms with van der Waals surface area (Å²) in [7, 11) is 0. The molecule has 20 heavy (non-hydrogen) atoms. The fourth-order valence-electron chi connectivity index (χ4n) is 1.88. The van der Waals surface area contributed by atoms with Crippen LogP contribution < -0.4 is 5.32 Å². The molecule has 1 aromatic heterocycles. The third kappa shape index (κ3) is 2.83. The van der Waals surface area contributed by atoms with Gasteiger partial charge in [0, 0.05) is 17.5 Å². The second kappa shape index (κ2) is 5.97. The van der Waals surface area contributed by atoms with Crippen LogP contribution >= 0.6 is 0 Å². The molecule has 0 unspecified atom stereocenters. The lowest BCUT2D eigenvalue weighted by atomic mass is 10.1. The van der Waals surface area contributed by atoms with Gasteiger partial charge in [0.05, 0.1) is 17.0 Å². The second-order valence-corrected chi connectivity index (χ2v) is 4.32. The maximum atomic E-state index is 12.2. The summed E-state index contributed by atoms with van der Waals surface area (Å²) in [5, 5.41) is 14.9. The fraction of sp³-hybridized carbons (Fsp3) is 0.133. The highest BCUT2D eigenvalue weighted by Gasteiger charge is 2.12. The van der Waals surface area contributed by atoms with Crippen LogP contribution in [0.3, 0.4) is 0 Å². The summed E-state index contributed by atoms with van der Waals surface area (Å²) in [5.41, 5.74) is 2.88. The monoisotopic (exact) mass is 269 g/mol. The number of aryl methyl sites for hydroxylation is 1. The molecule has 0 radical (unpaired) electrons. The smallest absolute Gasteiger partial charge is 0.257 e. The normalized spacial score (nSPS) is 11.2. The van der Waals surface area contributed by atoms with Gasteiger partial charge in [0.1, 0.15) is 0 Å². The Morgan fingerprint density at radius 3 is 2.60 bits per heavy atom. The van der Waals surface area contributed by atoms with Crippen molar-refractivity contribution < 1.29 is 10.0 Å². The van der Waals surface area contributed by atoms with Crippen LogP contribution in [0.1, 0.15) is 28.5 Å². The van der Waals surface area contributed by atoms with Gasteiger partial charge in [-0.15, -0.1) is 0 Å². The van der Waals surface area contributed by atoms with Crippen LogP contribution in [-0.4, -0.2) is 21.8 Å². The van der Waals surface area contributed by atoms with Crippen molar-refractivity contribution in [1.29, 1.82) is 0 Å². The molecule has 0 saturated carbocycles. The molecule has 2 N–H and O–H groups in total. The zero-order valence-corrected chi connectivity index (χ0v) is 11.3. The predicted molar refractivity (Wildman–Crippen MR) is 77.4 cm³/mol. The molecule has 1 amide bonds. The Kier molecular flexibility index (Phi) is 4.10. The second-order valence-electron chi connectivity index (χ2n) is 4.32. The molecule has 5 nitrogen and oxygen atoms in total. The zero-order valence-electron chi connectivity index (χ0n) is 11.3. The first-order valence-electron chi connectivity index (χ1n) is 6.14. The number of para-hydroxylation sites is 1. The Hall–Kier alpha value is -2.69. The van der Waals surface area contributed by atoms with Crippen molar-refractivity contribution in [2.75, 3.05) is 5.32 Å². The van der Waals surface area contributed by atoms with Gasteiger partial charge in [-0.3, -0.25) is 9.78 Å². The van der Waals surface area contributed by atoms with Crippen molar-refractivity contribution in [3.8, 4) is 0 Å². The van der Waals surface area contributed by atoms with E-state index in [1.807, 2.05) is 6.07 Å². The van der Waals surface area contributed by atoms with Gasteiger partial charge in [0.2, 0.25) is 0 Å². The summed E-state index contributed by atoms with van der Waals surface area (Å²) in [6.45, 7) is 3.45. The van der Waals surface area contributed by atoms with E-state index in [0.717, 1.165) is 0 Å². The van der Waals surface area contributed by atoms with Gasteiger partial charge in [-0.05, 0) is 32.0 Å². The molecule has 0 spiro atoms. The highest BCUT2D eigenvalue weighted by atomic mass is 16.4. The molecule has 0 aliphatic carbocycles. The maximum Gasteiger partial charge on any atom is 0.257 e. The van der Waals surface area contributed by atoms with E-state index >= 15 is 0 Å². The summed E-state index contributed by atoms with van der Waals surface area (Å²) in [5.74, 6) is -0.242. The molecule has 0 aliphatic rings. The molecular formula is C15H15N3O2. The lowest BCUT2D eigenvalue weighted by molar-refractivity contribution is 0.102. The molecule has 102 valence electrons. The first kappa shape index (κ1) is 13.7. The molecule has 0 saturated heterocycles. The minimum absolute atomic E-state index is 0.242. The maximum absolute atomic E-state index is 12.2. The van der Waals surface area contributed by atoms with Crippen molar-refractivity contribution in [3.05, 3.63) is 59.4 Å². The number of pyridine rings is 1. The number of rotatable bonds is 3. The van der Waals surface area contributed by atoms with E-state index in [4.69, 9.17) is 5.21 Å². The lowest BCUT2D eigenvalue weighted by Crippen LogP contribution is -2.16. The van der Waals surface area contributed by atoms with Crippen LogP contribution in [-0.2, 0) is 0 Å². The molecule has 5 heteroatoms. The number of nitrogens with zero attached hydrogens (tertiary/aromatic N) is 2. The zero-order chi connectivity index (χ0) is 14.5. The fourth-order valence-corrected chi connectivity index (χ4v) is 1.88. The van der Waals surface area contributed by atoms with Crippen molar-refractivity contribution in [2.24, 2.45) is 5.16 Å². The predicted octanol–water partition coefficient (Wildman–Crippen LogP) is 2.84. The molecule has 1 aromatic carbocycles. The van der Waals surface area contributed by atoms with E-state index in [0.29, 0.717) is 28.2 Å². The van der Waals surface area contributed by atoms with Gasteiger partial charge in [-0.2, -0.15) is 0 Å². The quantitative estimate of drug-likeness (QED) is 0.511. The molecule has 0 fully saturated rings. The van der Waals surface area contributed by atoms with Gasteiger partial charge in [0.15, 0.2) is 0 Å². The highest BCUT2D eigenvalue weighted by molar-refractivity contribution is 6.10. The van der Waals surface area contributed by atoms with Gasteiger partial charge >= 0.3 is 0 Å². The molecule has 0 atom stereocenters. The Labute approximate surface area is 117 Å². The number of benzene rings is 1. The summed E-state index contributed by atoms with van der Waals surface area (Å²) in [4.78, 5) is 16.3. The number of amides is 1. The number of anilines is 1. The van der Waals surface area contributed by atoms with Crippen molar-refractivity contribution in [1.82, 2.24) is 4.98 Å². The minimum Gasteiger partial charge on any atom is -0.411 e. The van der Waals surface area contributed by atoms with E-state index in [-0.39, 0.29) is 5.91 Å². The standard InChI is InChI=1S/C15H15N3O2/c1-10-13(7-5-9-16-10)15(19)17-14-8-4-3-6-12(14)11(2)18-20/h3-9,20H,1-2H3,(H,17,19)/b18-11-. The lowest BCUT2D eigenvalue weighted by Gasteiger charge is -2.11. The average Bonchev–Trinajstić information content (AvgIpc) is 2.47. The SMILES string of the molecule is C/C(=N/O)c1ccccc1NC(=O)c1cccnc1C. The van der Waals surface area contributed by atoms with Gasteiger partial charge in [-0.1, -0.05) is 23.4 Å². The van der Waals surface area contributed by atoms with Gasteiger partial charge in [-0.25, -0.2) is 0 Å². The van der Waals surface area contributed by atoms with E-state index in [2.05, 4.69) is 15.5 Å². The number of hydrogen-bond donors (Lipinski definition) is 2. The van der Waals surface area contributed by atoms with E-state index in [9.17, 15) is 4.79 Å². The van der Waals surface area contributed by atoms with Crippen LogP contribution in [0.5, 0.6) is 0 Å². The molecule has 2 rings (SSSR count). The summed E-state index contributed by atoms with van der Waals surface area (Å²) in [6.07, 6.45) is 1.64. The van der Waals surface area contributed by atoms with Crippen LogP contribution in [0.15, 0.2) is 47.8 Å². The largest absolute Gasteiger partial charge is 0.411 e. The Morgan fingerprint density at radius 1 is 1.20 bits per heavy atom. The average molecular weight is 269 g/mol. The molecule has 2 aromatic rings. The minimum atomic E-state index is -0.242. The Balaban J connectivity index is 2.32. The summed E-state index contributed by atoms with van der Waals surface area (Å²) >= 11 is 0. The first-order valence-corrected chi connectivity index (χ1v) is 6.14. The molecule has 1 heterocycles. The number of nitrogens with one attached hydrogen (secondary N) is 1. The van der Waals surface area contributed by atoms with Crippen LogP contribution in [0.2, 0.25) is 0 Å². The van der Waals surface area contributed by atoms with Crippen LogP contribution in [0, 0.1) is 6.92 Å². The Morgan fingerprint density at radius 2 is 1.90 bits per heavy atom. The number of hydrogen-bond acceptors (Lipinski definition) is 4. The topological polar surface area (TPSA) is 74.6 Å². The summed E-state index contributed by atoms with van der Waals surface area (Å²) < 4.78 is 0. The van der Waals surface area contributed by atoms with E-state index in [1.54, 1.807) is 50.4 Å². The van der Waals surface area contributed by atoms with Crippen LogP contribution in [0.4, 0.5) is 5.69 Å². The molecule has 0 aliphatic heterocycles. The third-order valence-electron chi connectivity index (χ3n) is 2.97. The number of oxime groups is 1. The van der Waals surface area contributed by atoms with Crippen molar-refractivity contribution >= 4 is 17.3 Å². The first-order chi connectivity index (χ1) is 9.63.